The topological polar surface area (TPSA) is 114 Å². The van der Waals surface area contributed by atoms with E-state index in [1.54, 1.807) is 19.2 Å². The van der Waals surface area contributed by atoms with Gasteiger partial charge in [-0.1, -0.05) is 88.4 Å². The second kappa shape index (κ2) is 15.5. The number of methoxy groups -OCH3 is 1. The van der Waals surface area contributed by atoms with Crippen LogP contribution in [0.1, 0.15) is 92.4 Å². The molecule has 0 aliphatic heterocycles. The number of carbonyl (C=O) groups excluding carboxylic acids is 4. The Morgan fingerprint density at radius 3 is 1.82 bits per heavy atom. The lowest BCUT2D eigenvalue weighted by molar-refractivity contribution is -0.133. The summed E-state index contributed by atoms with van der Waals surface area (Å²) in [5.74, 6) is -0.450. The van der Waals surface area contributed by atoms with Crippen molar-refractivity contribution in [2.75, 3.05) is 7.11 Å². The van der Waals surface area contributed by atoms with E-state index in [1.165, 1.54) is 0 Å². The van der Waals surface area contributed by atoms with E-state index in [4.69, 9.17) is 4.74 Å². The van der Waals surface area contributed by atoms with Crippen LogP contribution in [0, 0.1) is 11.8 Å². The third kappa shape index (κ3) is 9.03. The van der Waals surface area contributed by atoms with Gasteiger partial charge in [0, 0.05) is 24.3 Å². The maximum Gasteiger partial charge on any atom is 0.243 e. The molecule has 0 fully saturated rings. The molecule has 8 heteroatoms. The third-order valence-corrected chi connectivity index (χ3v) is 8.11. The summed E-state index contributed by atoms with van der Waals surface area (Å²) in [7, 11) is 1.56. The number of amides is 3. The van der Waals surface area contributed by atoms with E-state index >= 15 is 0 Å². The van der Waals surface area contributed by atoms with Crippen LogP contribution in [-0.2, 0) is 14.4 Å². The first-order valence-corrected chi connectivity index (χ1v) is 15.8. The van der Waals surface area contributed by atoms with Crippen LogP contribution in [0.25, 0.3) is 0 Å². The van der Waals surface area contributed by atoms with E-state index in [2.05, 4.69) is 16.0 Å². The first kappa shape index (κ1) is 33.4. The van der Waals surface area contributed by atoms with Crippen molar-refractivity contribution in [1.82, 2.24) is 16.0 Å². The number of ketones is 1. The average Bonchev–Trinajstić information content (AvgIpc) is 3.32. The summed E-state index contributed by atoms with van der Waals surface area (Å²) >= 11 is 0. The monoisotopic (exact) mass is 611 g/mol. The Bertz CT molecular complexity index is 1430. The molecule has 0 heterocycles. The highest BCUT2D eigenvalue weighted by atomic mass is 16.5. The molecule has 0 spiro atoms. The Hall–Kier alpha value is -4.46. The van der Waals surface area contributed by atoms with E-state index in [-0.39, 0.29) is 48.2 Å². The fraction of sp³-hybridized carbons (Fsp3) is 0.405. The Morgan fingerprint density at radius 2 is 1.29 bits per heavy atom. The standard InChI is InChI=1S/C37H45N3O5/c1-23(2)18-31(38-34(42)21-27-20-33(41)29-17-16-28(45-5)22-30(27)29)36(43)39-32(19-24(3)4)37(44)40-35(25-12-8-6-9-13-25)26-14-10-7-11-15-26/h6-17,22-24,27,31-32,35H,18-21H2,1-5H3,(H,38,42)(H,39,43)(H,40,44)/t27?,31-,32+/m0/s1. The number of fused-ring (bicyclic) bond motifs is 1. The zero-order chi connectivity index (χ0) is 32.5. The van der Waals surface area contributed by atoms with Crippen LogP contribution in [0.2, 0.25) is 0 Å². The number of benzene rings is 3. The summed E-state index contributed by atoms with van der Waals surface area (Å²) in [4.78, 5) is 53.4. The van der Waals surface area contributed by atoms with Gasteiger partial charge in [-0.3, -0.25) is 19.2 Å². The molecule has 0 radical (unpaired) electrons. The minimum atomic E-state index is -0.833. The highest BCUT2D eigenvalue weighted by Gasteiger charge is 2.33. The maximum absolute atomic E-state index is 13.8. The van der Waals surface area contributed by atoms with Crippen LogP contribution in [0.15, 0.2) is 78.9 Å². The van der Waals surface area contributed by atoms with Gasteiger partial charge in [-0.25, -0.2) is 0 Å². The molecule has 0 aromatic heterocycles. The van der Waals surface area contributed by atoms with Gasteiger partial charge in [0.25, 0.3) is 0 Å². The largest absolute Gasteiger partial charge is 0.497 e. The second-order valence-corrected chi connectivity index (χ2v) is 12.7. The summed E-state index contributed by atoms with van der Waals surface area (Å²) in [6, 6.07) is 22.7. The van der Waals surface area contributed by atoms with Crippen molar-refractivity contribution in [3.05, 3.63) is 101 Å². The summed E-state index contributed by atoms with van der Waals surface area (Å²) in [5.41, 5.74) is 3.26. The van der Waals surface area contributed by atoms with Crippen molar-refractivity contribution in [2.24, 2.45) is 11.8 Å². The summed E-state index contributed by atoms with van der Waals surface area (Å²) < 4.78 is 5.33. The zero-order valence-corrected chi connectivity index (χ0v) is 26.8. The van der Waals surface area contributed by atoms with E-state index in [0.29, 0.717) is 24.2 Å². The third-order valence-electron chi connectivity index (χ3n) is 8.11. The fourth-order valence-electron chi connectivity index (χ4n) is 5.93. The quantitative estimate of drug-likeness (QED) is 0.216. The molecule has 3 aromatic rings. The van der Waals surface area contributed by atoms with Crippen LogP contribution < -0.4 is 20.7 Å². The van der Waals surface area contributed by atoms with Gasteiger partial charge < -0.3 is 20.7 Å². The molecular formula is C37H45N3O5. The van der Waals surface area contributed by atoms with Crippen LogP contribution in [-0.4, -0.2) is 42.7 Å². The van der Waals surface area contributed by atoms with E-state index in [1.807, 2.05) is 94.4 Å². The molecule has 3 amide bonds. The smallest absolute Gasteiger partial charge is 0.243 e. The Kier molecular flexibility index (Phi) is 11.5. The van der Waals surface area contributed by atoms with Gasteiger partial charge in [-0.05, 0) is 59.6 Å². The average molecular weight is 612 g/mol. The highest BCUT2D eigenvalue weighted by Crippen LogP contribution is 2.37. The van der Waals surface area contributed by atoms with Crippen LogP contribution in [0.3, 0.4) is 0 Å². The lowest BCUT2D eigenvalue weighted by Gasteiger charge is -2.27. The van der Waals surface area contributed by atoms with Crippen LogP contribution >= 0.6 is 0 Å². The lowest BCUT2D eigenvalue weighted by atomic mass is 9.96. The molecule has 3 aromatic carbocycles. The molecule has 45 heavy (non-hydrogen) atoms. The minimum absolute atomic E-state index is 0.00576. The molecular weight excluding hydrogens is 566 g/mol. The summed E-state index contributed by atoms with van der Waals surface area (Å²) in [6.07, 6.45) is 1.13. The first-order valence-electron chi connectivity index (χ1n) is 15.8. The predicted octanol–water partition coefficient (Wildman–Crippen LogP) is 5.72. The minimum Gasteiger partial charge on any atom is -0.497 e. The predicted molar refractivity (Wildman–Crippen MR) is 175 cm³/mol. The molecule has 1 unspecified atom stereocenters. The van der Waals surface area contributed by atoms with Crippen molar-refractivity contribution in [2.45, 2.75) is 77.4 Å². The molecule has 3 atom stereocenters. The fourth-order valence-corrected chi connectivity index (χ4v) is 5.93. The van der Waals surface area contributed by atoms with Crippen molar-refractivity contribution in [3.8, 4) is 5.75 Å². The Morgan fingerprint density at radius 1 is 0.756 bits per heavy atom. The van der Waals surface area contributed by atoms with Crippen molar-refractivity contribution < 1.29 is 23.9 Å². The lowest BCUT2D eigenvalue weighted by Crippen LogP contribution is -2.54. The van der Waals surface area contributed by atoms with Gasteiger partial charge in [-0.15, -0.1) is 0 Å². The van der Waals surface area contributed by atoms with Crippen molar-refractivity contribution >= 4 is 23.5 Å². The van der Waals surface area contributed by atoms with Gasteiger partial charge in [0.15, 0.2) is 5.78 Å². The molecule has 0 bridgehead atoms. The van der Waals surface area contributed by atoms with Crippen molar-refractivity contribution in [1.29, 1.82) is 0 Å². The molecule has 1 aliphatic carbocycles. The number of Topliss-reactive ketones (excluding diaryl/α,β-unsaturated/α-hetero) is 1. The van der Waals surface area contributed by atoms with Crippen molar-refractivity contribution in [3.63, 3.8) is 0 Å². The first-order chi connectivity index (χ1) is 21.5. The number of hydrogen-bond donors (Lipinski definition) is 3. The van der Waals surface area contributed by atoms with Gasteiger partial charge in [0.2, 0.25) is 17.7 Å². The Labute approximate surface area is 266 Å². The van der Waals surface area contributed by atoms with Crippen LogP contribution in [0.4, 0.5) is 0 Å². The van der Waals surface area contributed by atoms with Gasteiger partial charge in [0.1, 0.15) is 17.8 Å². The summed E-state index contributed by atoms with van der Waals surface area (Å²) in [6.45, 7) is 7.96. The highest BCUT2D eigenvalue weighted by molar-refractivity contribution is 6.02. The number of carbonyl (C=O) groups is 4. The van der Waals surface area contributed by atoms with Gasteiger partial charge >= 0.3 is 0 Å². The Balaban J connectivity index is 1.48. The molecule has 0 saturated heterocycles. The zero-order valence-electron chi connectivity index (χ0n) is 26.8. The number of hydrogen-bond acceptors (Lipinski definition) is 5. The molecule has 1 aliphatic rings. The van der Waals surface area contributed by atoms with E-state index < -0.39 is 24.0 Å². The van der Waals surface area contributed by atoms with Gasteiger partial charge in [-0.2, -0.15) is 0 Å². The molecule has 0 saturated carbocycles. The number of rotatable bonds is 14. The molecule has 238 valence electrons. The molecule has 4 rings (SSSR count). The SMILES string of the molecule is COc1ccc2c(c1)C(CC(=O)N[C@@H](CC(C)C)C(=O)N[C@H](CC(C)C)C(=O)NC(c1ccccc1)c1ccccc1)CC2=O. The molecule has 8 nitrogen and oxygen atoms in total. The normalized spacial score (nSPS) is 15.5. The van der Waals surface area contributed by atoms with Gasteiger partial charge in [0.05, 0.1) is 13.2 Å². The van der Waals surface area contributed by atoms with Crippen LogP contribution in [0.5, 0.6) is 5.75 Å². The number of ether oxygens (including phenoxy) is 1. The number of nitrogens with one attached hydrogen (secondary N) is 3. The van der Waals surface area contributed by atoms with E-state index in [9.17, 15) is 19.2 Å². The van der Waals surface area contributed by atoms with E-state index in [0.717, 1.165) is 16.7 Å². The summed E-state index contributed by atoms with van der Waals surface area (Å²) in [5, 5.41) is 9.05. The maximum atomic E-state index is 13.8. The second-order valence-electron chi connectivity index (χ2n) is 12.7. The molecule has 3 N–H and O–H groups in total.